The lowest BCUT2D eigenvalue weighted by Crippen LogP contribution is -2.59. The lowest BCUT2D eigenvalue weighted by molar-refractivity contribution is -0.175. The van der Waals surface area contributed by atoms with Gasteiger partial charge in [0.2, 0.25) is 0 Å². The fraction of sp³-hybridized carbons (Fsp3) is 0.177. The summed E-state index contributed by atoms with van der Waals surface area (Å²) in [4.78, 5) is 15.8. The van der Waals surface area contributed by atoms with Gasteiger partial charge in [0.05, 0.1) is 5.41 Å². The second-order valence-electron chi connectivity index (χ2n) is 20.1. The molecule has 0 amide bonds. The molecule has 0 saturated heterocycles. The molecule has 4 fully saturated rings. The van der Waals surface area contributed by atoms with Gasteiger partial charge in [0.15, 0.2) is 17.5 Å². The minimum absolute atomic E-state index is 0.352. The Morgan fingerprint density at radius 1 is 0.394 bits per heavy atom. The number of ether oxygens (including phenoxy) is 1. The Balaban J connectivity index is 0.864. The van der Waals surface area contributed by atoms with Crippen molar-refractivity contribution in [3.05, 3.63) is 222 Å². The van der Waals surface area contributed by atoms with Crippen molar-refractivity contribution in [2.45, 2.75) is 42.9 Å². The van der Waals surface area contributed by atoms with Crippen LogP contribution in [-0.4, -0.2) is 15.0 Å². The Labute approximate surface area is 385 Å². The number of rotatable bonds is 6. The first kappa shape index (κ1) is 36.9. The first-order chi connectivity index (χ1) is 32.6. The summed E-state index contributed by atoms with van der Waals surface area (Å²) in [5.74, 6) is 6.73. The highest BCUT2D eigenvalue weighted by Crippen LogP contribution is 2.84. The predicted molar refractivity (Wildman–Crippen MR) is 262 cm³/mol. The fourth-order valence-electron chi connectivity index (χ4n) is 14.6. The second-order valence-corrected chi connectivity index (χ2v) is 20.1. The van der Waals surface area contributed by atoms with Gasteiger partial charge in [-0.3, -0.25) is 0 Å². The zero-order valence-electron chi connectivity index (χ0n) is 36.5. The molecule has 15 rings (SSSR count). The molecule has 2 heterocycles. The molecular formula is C62H45N3O. The van der Waals surface area contributed by atoms with Crippen LogP contribution < -0.4 is 4.74 Å². The minimum atomic E-state index is -0.537. The van der Waals surface area contributed by atoms with Crippen LogP contribution >= 0.6 is 0 Å². The maximum Gasteiger partial charge on any atom is 0.164 e. The molecule has 4 nitrogen and oxygen atoms in total. The Kier molecular flexibility index (Phi) is 7.44. The second kappa shape index (κ2) is 13.3. The summed E-state index contributed by atoms with van der Waals surface area (Å²) in [6.07, 6.45) is 7.10. The lowest BCUT2D eigenvalue weighted by Gasteiger charge is -2.66. The van der Waals surface area contributed by atoms with Crippen molar-refractivity contribution in [1.29, 1.82) is 0 Å². The largest absolute Gasteiger partial charge is 0.457 e. The summed E-state index contributed by atoms with van der Waals surface area (Å²) < 4.78 is 6.62. The van der Waals surface area contributed by atoms with Gasteiger partial charge >= 0.3 is 0 Å². The summed E-state index contributed by atoms with van der Waals surface area (Å²) >= 11 is 0. The maximum absolute atomic E-state index is 6.62. The number of fused-ring (bicyclic) bond motifs is 10. The van der Waals surface area contributed by atoms with E-state index in [1.807, 2.05) is 0 Å². The highest BCUT2D eigenvalue weighted by molar-refractivity contribution is 5.97. The van der Waals surface area contributed by atoms with Crippen molar-refractivity contribution in [3.8, 4) is 79.0 Å². The molecule has 2 bridgehead atoms. The van der Waals surface area contributed by atoms with E-state index in [9.17, 15) is 0 Å². The van der Waals surface area contributed by atoms with Crippen molar-refractivity contribution in [1.82, 2.24) is 15.0 Å². The van der Waals surface area contributed by atoms with E-state index < -0.39 is 5.41 Å². The van der Waals surface area contributed by atoms with Crippen LogP contribution in [0.4, 0.5) is 0 Å². The zero-order chi connectivity index (χ0) is 43.2. The Bertz CT molecular complexity index is 3400. The van der Waals surface area contributed by atoms with Crippen LogP contribution in [0.25, 0.3) is 67.5 Å². The predicted octanol–water partition coefficient (Wildman–Crippen LogP) is 14.8. The number of benzene rings is 8. The summed E-state index contributed by atoms with van der Waals surface area (Å²) in [5, 5.41) is 0. The Morgan fingerprint density at radius 2 is 0.894 bits per heavy atom. The van der Waals surface area contributed by atoms with Gasteiger partial charge in [-0.15, -0.1) is 0 Å². The van der Waals surface area contributed by atoms with Gasteiger partial charge in [-0.05, 0) is 129 Å². The van der Waals surface area contributed by atoms with Crippen LogP contribution in [0, 0.1) is 23.2 Å². The quantitative estimate of drug-likeness (QED) is 0.167. The van der Waals surface area contributed by atoms with Gasteiger partial charge in [0, 0.05) is 27.8 Å². The normalized spacial score (nSPS) is 23.7. The molecule has 2 spiro atoms. The first-order valence-corrected chi connectivity index (χ1v) is 23.8. The van der Waals surface area contributed by atoms with Crippen LogP contribution in [0.15, 0.2) is 194 Å². The third kappa shape index (κ3) is 4.86. The van der Waals surface area contributed by atoms with Crippen LogP contribution in [0.2, 0.25) is 0 Å². The zero-order valence-corrected chi connectivity index (χ0v) is 36.5. The van der Waals surface area contributed by atoms with Gasteiger partial charge < -0.3 is 4.74 Å². The molecular weight excluding hydrogens is 803 g/mol. The minimum Gasteiger partial charge on any atom is -0.457 e. The average molecular weight is 848 g/mol. The third-order valence-electron chi connectivity index (χ3n) is 17.3. The van der Waals surface area contributed by atoms with E-state index in [0.29, 0.717) is 28.3 Å². The average Bonchev–Trinajstić information content (AvgIpc) is 3.99. The van der Waals surface area contributed by atoms with E-state index in [1.165, 1.54) is 71.0 Å². The molecule has 0 N–H and O–H groups in total. The molecule has 9 aromatic rings. The van der Waals surface area contributed by atoms with Gasteiger partial charge in [-0.2, -0.15) is 0 Å². The number of aromatic nitrogens is 3. The van der Waals surface area contributed by atoms with Crippen molar-refractivity contribution < 1.29 is 4.74 Å². The first-order valence-electron chi connectivity index (χ1n) is 23.8. The summed E-state index contributed by atoms with van der Waals surface area (Å²) in [6.45, 7) is 0. The summed E-state index contributed by atoms with van der Waals surface area (Å²) in [5.41, 5.74) is 16.9. The number of hydrogen-bond donors (Lipinski definition) is 0. The summed E-state index contributed by atoms with van der Waals surface area (Å²) in [7, 11) is 0. The van der Waals surface area contributed by atoms with E-state index in [2.05, 4.69) is 194 Å². The van der Waals surface area contributed by atoms with Crippen molar-refractivity contribution in [2.24, 2.45) is 23.2 Å². The Morgan fingerprint density at radius 3 is 1.56 bits per heavy atom. The van der Waals surface area contributed by atoms with Gasteiger partial charge in [0.25, 0.3) is 0 Å². The Hall–Kier alpha value is -7.43. The van der Waals surface area contributed by atoms with E-state index in [-0.39, 0.29) is 0 Å². The fourth-order valence-corrected chi connectivity index (χ4v) is 14.6. The van der Waals surface area contributed by atoms with Gasteiger partial charge in [-0.25, -0.2) is 15.0 Å². The molecule has 1 aliphatic heterocycles. The SMILES string of the molecule is c1ccc(-c2ccc(-c3nc(-c4ccc(C56C[C@H]7CC8C[C@@H](C5)C87C6)cc4)nc(-c4cccc(-c5cccc6c5-c5ccccc5C65c6ccccc6Oc6ccccc65)c4)n3)cc2)cc1. The van der Waals surface area contributed by atoms with E-state index in [0.717, 1.165) is 68.2 Å². The van der Waals surface area contributed by atoms with Crippen LogP contribution in [-0.2, 0) is 10.8 Å². The molecule has 1 aromatic heterocycles. The maximum atomic E-state index is 6.62. The van der Waals surface area contributed by atoms with Crippen molar-refractivity contribution in [2.75, 3.05) is 0 Å². The molecule has 4 saturated carbocycles. The molecule has 8 aromatic carbocycles. The molecule has 4 heteroatoms. The molecule has 314 valence electrons. The molecule has 3 unspecified atom stereocenters. The monoisotopic (exact) mass is 847 g/mol. The van der Waals surface area contributed by atoms with Crippen LogP contribution in [0.5, 0.6) is 11.5 Å². The van der Waals surface area contributed by atoms with E-state index in [4.69, 9.17) is 19.7 Å². The summed E-state index contributed by atoms with van der Waals surface area (Å²) in [6, 6.07) is 70.2. The third-order valence-corrected chi connectivity index (χ3v) is 17.3. The molecule has 5 atom stereocenters. The number of hydrogen-bond acceptors (Lipinski definition) is 4. The number of para-hydroxylation sites is 2. The molecule has 5 aliphatic carbocycles. The lowest BCUT2D eigenvalue weighted by atomic mass is 9.38. The number of nitrogens with zero attached hydrogens (tertiary/aromatic N) is 3. The molecule has 66 heavy (non-hydrogen) atoms. The van der Waals surface area contributed by atoms with E-state index in [1.54, 1.807) is 0 Å². The highest BCUT2D eigenvalue weighted by Gasteiger charge is 2.77. The van der Waals surface area contributed by atoms with Gasteiger partial charge in [0.1, 0.15) is 11.5 Å². The van der Waals surface area contributed by atoms with Crippen molar-refractivity contribution in [3.63, 3.8) is 0 Å². The van der Waals surface area contributed by atoms with Crippen LogP contribution in [0.1, 0.15) is 59.9 Å². The van der Waals surface area contributed by atoms with Gasteiger partial charge in [-0.1, -0.05) is 176 Å². The molecule has 0 radical (unpaired) electrons. The smallest absolute Gasteiger partial charge is 0.164 e. The van der Waals surface area contributed by atoms with E-state index >= 15 is 0 Å². The van der Waals surface area contributed by atoms with Crippen molar-refractivity contribution >= 4 is 0 Å². The molecule has 6 aliphatic rings. The van der Waals surface area contributed by atoms with Crippen LogP contribution in [0.3, 0.4) is 0 Å². The highest BCUT2D eigenvalue weighted by atomic mass is 16.5. The standard InChI is InChI=1S/C62H45N3O/c1-2-12-38(13-3-1)39-24-26-40(27-25-39)57-63-58(41-28-30-44(31-29-41)60-35-46-33-45-34-47(36-60)61(45,46)37-60)65-59(64-57)43-15-10-14-42(32-43)48-17-11-21-53-56(48)49-16-4-5-18-50(49)62(53)51-19-6-8-22-54(51)66-55-23-9-7-20-52(55)62/h1-32,45-47H,33-37H2/t45?,46-,47+,60?,61?. The topological polar surface area (TPSA) is 47.9 Å².